The summed E-state index contributed by atoms with van der Waals surface area (Å²) in [5.41, 5.74) is 2.91. The summed E-state index contributed by atoms with van der Waals surface area (Å²) < 4.78 is 2.88. The van der Waals surface area contributed by atoms with E-state index in [1.54, 1.807) is 0 Å². The fourth-order valence-corrected chi connectivity index (χ4v) is 3.28. The number of hydrogen-bond acceptors (Lipinski definition) is 3. The first-order chi connectivity index (χ1) is 9.55. The number of likely N-dealkylation sites (N-methyl/N-ethyl adjacent to an activating group) is 1. The highest BCUT2D eigenvalue weighted by atomic mass is 32.1. The molecule has 5 heteroatoms. The normalized spacial score (nSPS) is 17.1. The number of nitrogens with zero attached hydrogens (tertiary/aromatic N) is 3. The molecule has 0 amide bonds. The van der Waals surface area contributed by atoms with E-state index < -0.39 is 0 Å². The zero-order valence-corrected chi connectivity index (χ0v) is 12.6. The van der Waals surface area contributed by atoms with Crippen molar-refractivity contribution in [2.75, 3.05) is 14.1 Å². The Labute approximate surface area is 123 Å². The van der Waals surface area contributed by atoms with Crippen LogP contribution in [0.2, 0.25) is 0 Å². The van der Waals surface area contributed by atoms with Crippen molar-refractivity contribution in [1.29, 1.82) is 5.26 Å². The maximum Gasteiger partial charge on any atom is 0.178 e. The van der Waals surface area contributed by atoms with Gasteiger partial charge >= 0.3 is 0 Å². The molecule has 1 N–H and O–H groups in total. The molecule has 1 aliphatic carbocycles. The predicted octanol–water partition coefficient (Wildman–Crippen LogP) is 3.05. The summed E-state index contributed by atoms with van der Waals surface area (Å²) >= 11 is 5.47. The fourth-order valence-electron chi connectivity index (χ4n) is 3.01. The lowest BCUT2D eigenvalue weighted by molar-refractivity contribution is 0.0431. The van der Waals surface area contributed by atoms with Gasteiger partial charge in [-0.25, -0.2) is 0 Å². The van der Waals surface area contributed by atoms with Crippen LogP contribution in [0.1, 0.15) is 24.8 Å². The highest BCUT2D eigenvalue weighted by Crippen LogP contribution is 2.38. The number of H-pyrrole nitrogens is 1. The summed E-state index contributed by atoms with van der Waals surface area (Å²) in [6.07, 6.45) is 3.68. The Kier molecular flexibility index (Phi) is 3.15. The molecular formula is C15H18N4S. The lowest BCUT2D eigenvalue weighted by Crippen LogP contribution is -2.53. The van der Waals surface area contributed by atoms with Crippen LogP contribution in [0, 0.1) is 16.1 Å². The van der Waals surface area contributed by atoms with Crippen LogP contribution in [0.15, 0.2) is 18.2 Å². The monoisotopic (exact) mass is 286 g/mol. The van der Waals surface area contributed by atoms with Gasteiger partial charge in [0.05, 0.1) is 22.7 Å². The van der Waals surface area contributed by atoms with Crippen molar-refractivity contribution in [3.05, 3.63) is 28.5 Å². The second kappa shape index (κ2) is 4.72. The van der Waals surface area contributed by atoms with Gasteiger partial charge in [0.15, 0.2) is 4.77 Å². The molecule has 1 fully saturated rings. The van der Waals surface area contributed by atoms with E-state index in [9.17, 15) is 0 Å². The molecule has 4 nitrogen and oxygen atoms in total. The second-order valence-corrected chi connectivity index (χ2v) is 6.22. The second-order valence-electron chi connectivity index (χ2n) is 5.83. The number of fused-ring (bicyclic) bond motifs is 1. The van der Waals surface area contributed by atoms with Gasteiger partial charge in [-0.1, -0.05) is 0 Å². The minimum absolute atomic E-state index is 0.204. The van der Waals surface area contributed by atoms with E-state index in [0.29, 0.717) is 5.56 Å². The van der Waals surface area contributed by atoms with Crippen LogP contribution in [0.4, 0.5) is 0 Å². The zero-order valence-electron chi connectivity index (χ0n) is 11.8. The summed E-state index contributed by atoms with van der Waals surface area (Å²) in [5, 5.41) is 9.07. The SMILES string of the molecule is CN(C)C1(Cn2c(=S)[nH]c3ccc(C#N)cc32)CCC1. The molecule has 20 heavy (non-hydrogen) atoms. The average Bonchev–Trinajstić information content (AvgIpc) is 2.68. The Morgan fingerprint density at radius 1 is 1.45 bits per heavy atom. The molecule has 0 atom stereocenters. The van der Waals surface area contributed by atoms with Gasteiger partial charge in [0.1, 0.15) is 0 Å². The van der Waals surface area contributed by atoms with Crippen molar-refractivity contribution >= 4 is 23.3 Å². The third-order valence-corrected chi connectivity index (χ3v) is 4.91. The molecule has 0 bridgehead atoms. The summed E-state index contributed by atoms with van der Waals surface area (Å²) in [6.45, 7) is 0.883. The van der Waals surface area contributed by atoms with E-state index in [1.807, 2.05) is 18.2 Å². The number of benzene rings is 1. The quantitative estimate of drug-likeness (QED) is 0.882. The van der Waals surface area contributed by atoms with Crippen LogP contribution < -0.4 is 0 Å². The van der Waals surface area contributed by atoms with Crippen molar-refractivity contribution in [3.8, 4) is 6.07 Å². The fraction of sp³-hybridized carbons (Fsp3) is 0.467. The van der Waals surface area contributed by atoms with Gasteiger partial charge < -0.3 is 14.5 Å². The number of nitriles is 1. The number of nitrogens with one attached hydrogen (secondary N) is 1. The first kappa shape index (κ1) is 13.3. The van der Waals surface area contributed by atoms with Crippen molar-refractivity contribution in [2.45, 2.75) is 31.3 Å². The van der Waals surface area contributed by atoms with Gasteiger partial charge in [0.25, 0.3) is 0 Å². The van der Waals surface area contributed by atoms with Gasteiger partial charge in [-0.15, -0.1) is 0 Å². The first-order valence-electron chi connectivity index (χ1n) is 6.86. The Morgan fingerprint density at radius 2 is 2.20 bits per heavy atom. The smallest absolute Gasteiger partial charge is 0.178 e. The average molecular weight is 286 g/mol. The molecule has 2 aromatic rings. The Bertz CT molecular complexity index is 743. The van der Waals surface area contributed by atoms with Crippen LogP contribution in [-0.2, 0) is 6.54 Å². The molecule has 104 valence electrons. The van der Waals surface area contributed by atoms with Gasteiger partial charge in [-0.3, -0.25) is 0 Å². The molecule has 3 rings (SSSR count). The van der Waals surface area contributed by atoms with Crippen molar-refractivity contribution in [3.63, 3.8) is 0 Å². The van der Waals surface area contributed by atoms with Gasteiger partial charge in [-0.05, 0) is 63.8 Å². The van der Waals surface area contributed by atoms with Gasteiger partial charge in [0.2, 0.25) is 0 Å². The largest absolute Gasteiger partial charge is 0.331 e. The third kappa shape index (κ3) is 1.96. The Balaban J connectivity index is 2.09. The number of rotatable bonds is 3. The molecule has 1 aliphatic rings. The summed E-state index contributed by atoms with van der Waals surface area (Å²) in [5.74, 6) is 0. The van der Waals surface area contributed by atoms with E-state index in [1.165, 1.54) is 19.3 Å². The van der Waals surface area contributed by atoms with Crippen LogP contribution in [0.3, 0.4) is 0 Å². The van der Waals surface area contributed by atoms with E-state index in [4.69, 9.17) is 17.5 Å². The number of hydrogen-bond donors (Lipinski definition) is 1. The first-order valence-corrected chi connectivity index (χ1v) is 7.27. The van der Waals surface area contributed by atoms with E-state index in [-0.39, 0.29) is 5.54 Å². The summed E-state index contributed by atoms with van der Waals surface area (Å²) in [4.78, 5) is 5.55. The van der Waals surface area contributed by atoms with Crippen molar-refractivity contribution in [1.82, 2.24) is 14.5 Å². The molecule has 0 saturated heterocycles. The van der Waals surface area contributed by atoms with E-state index in [0.717, 1.165) is 22.3 Å². The van der Waals surface area contributed by atoms with Crippen LogP contribution >= 0.6 is 12.2 Å². The molecular weight excluding hydrogens is 268 g/mol. The maximum absolute atomic E-state index is 9.07. The Morgan fingerprint density at radius 3 is 2.75 bits per heavy atom. The molecule has 0 unspecified atom stereocenters. The van der Waals surface area contributed by atoms with Crippen LogP contribution in [0.25, 0.3) is 11.0 Å². The lowest BCUT2D eigenvalue weighted by atomic mass is 9.75. The van der Waals surface area contributed by atoms with Crippen molar-refractivity contribution in [2.24, 2.45) is 0 Å². The predicted molar refractivity (Wildman–Crippen MR) is 82.1 cm³/mol. The molecule has 0 spiro atoms. The molecule has 1 saturated carbocycles. The van der Waals surface area contributed by atoms with Gasteiger partial charge in [-0.2, -0.15) is 5.26 Å². The Hall–Kier alpha value is -1.64. The lowest BCUT2D eigenvalue weighted by Gasteiger charge is -2.47. The molecule has 1 aromatic heterocycles. The third-order valence-electron chi connectivity index (χ3n) is 4.59. The van der Waals surface area contributed by atoms with Crippen LogP contribution in [-0.4, -0.2) is 34.1 Å². The minimum Gasteiger partial charge on any atom is -0.331 e. The topological polar surface area (TPSA) is 47.8 Å². The summed E-state index contributed by atoms with van der Waals surface area (Å²) in [7, 11) is 4.27. The minimum atomic E-state index is 0.204. The van der Waals surface area contributed by atoms with E-state index >= 15 is 0 Å². The number of aromatic amines is 1. The molecule has 0 aliphatic heterocycles. The standard InChI is InChI=1S/C15H18N4S/c1-18(2)15(6-3-7-15)10-19-13-8-11(9-16)4-5-12(13)17-14(19)20/h4-5,8H,3,6-7,10H2,1-2H3,(H,17,20). The van der Waals surface area contributed by atoms with Crippen molar-refractivity contribution < 1.29 is 0 Å². The maximum atomic E-state index is 9.07. The number of aromatic nitrogens is 2. The van der Waals surface area contributed by atoms with Crippen LogP contribution in [0.5, 0.6) is 0 Å². The molecule has 1 heterocycles. The van der Waals surface area contributed by atoms with Gasteiger partial charge in [0, 0.05) is 12.1 Å². The summed E-state index contributed by atoms with van der Waals surface area (Å²) in [6, 6.07) is 7.87. The number of imidazole rings is 1. The highest BCUT2D eigenvalue weighted by Gasteiger charge is 2.39. The molecule has 1 aromatic carbocycles. The van der Waals surface area contributed by atoms with E-state index in [2.05, 4.69) is 34.6 Å². The highest BCUT2D eigenvalue weighted by molar-refractivity contribution is 7.71. The molecule has 0 radical (unpaired) electrons. The zero-order chi connectivity index (χ0) is 14.3.